The van der Waals surface area contributed by atoms with E-state index in [9.17, 15) is 9.59 Å². The Bertz CT molecular complexity index is 917. The number of piperidine rings is 1. The fraction of sp³-hybridized carbons (Fsp3) is 0.733. The van der Waals surface area contributed by atoms with Crippen LogP contribution in [0.15, 0.2) is 24.3 Å². The van der Waals surface area contributed by atoms with Crippen molar-refractivity contribution in [1.82, 2.24) is 9.80 Å². The van der Waals surface area contributed by atoms with Gasteiger partial charge in [-0.1, -0.05) is 44.7 Å². The Morgan fingerprint density at radius 2 is 1.67 bits per heavy atom. The zero-order valence-electron chi connectivity index (χ0n) is 22.1. The van der Waals surface area contributed by atoms with Gasteiger partial charge in [-0.3, -0.25) is 9.59 Å². The van der Waals surface area contributed by atoms with E-state index < -0.39 is 0 Å². The van der Waals surface area contributed by atoms with Crippen LogP contribution in [0.25, 0.3) is 0 Å². The smallest absolute Gasteiger partial charge is 0.257 e. The standard InChI is InChI=1S/C30H44N2O4/c1-29(13-5-2-6-14-29)28(34)31-19-16-30(17-20-31)15-7-8-21-35-22-24-10-9-18-32(24)27(33)25-11-3-4-12-26(25)36-23-30/h3-4,11-12,24H,2,5-10,13-23H2,1H3/t24-/m0/s1. The van der Waals surface area contributed by atoms with Crippen molar-refractivity contribution in [3.8, 4) is 5.75 Å². The average Bonchev–Trinajstić information content (AvgIpc) is 3.38. The molecule has 1 aromatic rings. The van der Waals surface area contributed by atoms with E-state index in [0.717, 1.165) is 84.0 Å². The molecule has 1 aliphatic carbocycles. The minimum atomic E-state index is -0.174. The first-order chi connectivity index (χ1) is 17.5. The van der Waals surface area contributed by atoms with Crippen LogP contribution in [0.1, 0.15) is 94.3 Å². The van der Waals surface area contributed by atoms with Gasteiger partial charge in [-0.2, -0.15) is 0 Å². The van der Waals surface area contributed by atoms with E-state index in [2.05, 4.69) is 11.8 Å². The number of likely N-dealkylation sites (tertiary alicyclic amines) is 1. The number of nitrogens with zero attached hydrogens (tertiary/aromatic N) is 2. The molecule has 2 saturated heterocycles. The molecule has 6 nitrogen and oxygen atoms in total. The predicted octanol–water partition coefficient (Wildman–Crippen LogP) is 5.45. The number of benzene rings is 1. The summed E-state index contributed by atoms with van der Waals surface area (Å²) < 4.78 is 12.5. The van der Waals surface area contributed by atoms with Gasteiger partial charge in [0, 0.05) is 37.1 Å². The highest BCUT2D eigenvalue weighted by atomic mass is 16.5. The van der Waals surface area contributed by atoms with E-state index in [1.54, 1.807) is 0 Å². The summed E-state index contributed by atoms with van der Waals surface area (Å²) in [6.45, 7) is 6.55. The van der Waals surface area contributed by atoms with Crippen molar-refractivity contribution in [2.45, 2.75) is 90.0 Å². The van der Waals surface area contributed by atoms with Crippen LogP contribution in [0.4, 0.5) is 0 Å². The van der Waals surface area contributed by atoms with Crippen molar-refractivity contribution >= 4 is 11.8 Å². The molecule has 3 heterocycles. The lowest BCUT2D eigenvalue weighted by atomic mass is 9.72. The van der Waals surface area contributed by atoms with Gasteiger partial charge in [0.15, 0.2) is 0 Å². The van der Waals surface area contributed by atoms with Gasteiger partial charge in [0.25, 0.3) is 5.91 Å². The minimum Gasteiger partial charge on any atom is -0.492 e. The van der Waals surface area contributed by atoms with Crippen molar-refractivity contribution in [1.29, 1.82) is 0 Å². The van der Waals surface area contributed by atoms with Crippen LogP contribution in [0.2, 0.25) is 0 Å². The summed E-state index contributed by atoms with van der Waals surface area (Å²) in [5, 5.41) is 0. The average molecular weight is 497 g/mol. The van der Waals surface area contributed by atoms with Crippen LogP contribution < -0.4 is 4.74 Å². The van der Waals surface area contributed by atoms with Crippen LogP contribution >= 0.6 is 0 Å². The zero-order valence-corrected chi connectivity index (χ0v) is 22.1. The van der Waals surface area contributed by atoms with Crippen LogP contribution in [-0.2, 0) is 9.53 Å². The lowest BCUT2D eigenvalue weighted by Gasteiger charge is -2.45. The second kappa shape index (κ2) is 11.1. The lowest BCUT2D eigenvalue weighted by molar-refractivity contribution is -0.146. The summed E-state index contributed by atoms with van der Waals surface area (Å²) in [5.41, 5.74) is 0.516. The van der Waals surface area contributed by atoms with Gasteiger partial charge in [0.1, 0.15) is 5.75 Å². The Morgan fingerprint density at radius 3 is 2.47 bits per heavy atom. The van der Waals surface area contributed by atoms with Crippen LogP contribution in [0.3, 0.4) is 0 Å². The van der Waals surface area contributed by atoms with Crippen LogP contribution in [0.5, 0.6) is 5.75 Å². The fourth-order valence-electron chi connectivity index (χ4n) is 6.93. The quantitative estimate of drug-likeness (QED) is 0.519. The van der Waals surface area contributed by atoms with E-state index in [-0.39, 0.29) is 22.8 Å². The topological polar surface area (TPSA) is 59.1 Å². The first-order valence-electron chi connectivity index (χ1n) is 14.4. The number of carbonyl (C=O) groups is 2. The van der Waals surface area contributed by atoms with Crippen molar-refractivity contribution in [2.75, 3.05) is 39.5 Å². The first kappa shape index (κ1) is 25.6. The number of hydrogen-bond acceptors (Lipinski definition) is 4. The molecule has 4 aliphatic rings. The maximum absolute atomic E-state index is 13.5. The van der Waals surface area contributed by atoms with Crippen LogP contribution in [-0.4, -0.2) is 67.1 Å². The molecule has 0 radical (unpaired) electrons. The third-order valence-corrected chi connectivity index (χ3v) is 9.43. The summed E-state index contributed by atoms with van der Waals surface area (Å²) in [5.74, 6) is 1.12. The molecule has 1 saturated carbocycles. The van der Waals surface area contributed by atoms with E-state index >= 15 is 0 Å². The number of fused-ring (bicyclic) bond motifs is 2. The molecule has 198 valence electrons. The summed E-state index contributed by atoms with van der Waals surface area (Å²) >= 11 is 0. The van der Waals surface area contributed by atoms with E-state index in [1.807, 2.05) is 29.2 Å². The SMILES string of the molecule is CC1(C(=O)N2CCC3(CCCCOC[C@@H]4CCCN4C(=O)c4ccccc4OC3)CC2)CCCCC1. The normalized spacial score (nSPS) is 27.0. The molecular formula is C30H44N2O4. The molecule has 1 atom stereocenters. The summed E-state index contributed by atoms with van der Waals surface area (Å²) in [6, 6.07) is 7.89. The van der Waals surface area contributed by atoms with Crippen LogP contribution in [0, 0.1) is 10.8 Å². The molecule has 2 amide bonds. The number of rotatable bonds is 1. The predicted molar refractivity (Wildman–Crippen MR) is 140 cm³/mol. The Morgan fingerprint density at radius 1 is 0.917 bits per heavy atom. The van der Waals surface area contributed by atoms with E-state index in [4.69, 9.17) is 9.47 Å². The third kappa shape index (κ3) is 5.44. The highest BCUT2D eigenvalue weighted by Gasteiger charge is 2.42. The Labute approximate surface area is 216 Å². The minimum absolute atomic E-state index is 0.0285. The largest absolute Gasteiger partial charge is 0.492 e. The molecule has 3 fully saturated rings. The molecule has 5 rings (SSSR count). The lowest BCUT2D eigenvalue weighted by Crippen LogP contribution is -2.50. The van der Waals surface area contributed by atoms with Gasteiger partial charge in [-0.15, -0.1) is 0 Å². The van der Waals surface area contributed by atoms with Gasteiger partial charge in [0.2, 0.25) is 5.91 Å². The second-order valence-corrected chi connectivity index (χ2v) is 12.0. The van der Waals surface area contributed by atoms with Crippen molar-refractivity contribution in [2.24, 2.45) is 10.8 Å². The molecule has 0 N–H and O–H groups in total. The molecule has 0 bridgehead atoms. The highest BCUT2D eigenvalue weighted by molar-refractivity contribution is 5.97. The first-order valence-corrected chi connectivity index (χ1v) is 14.4. The molecule has 1 spiro atoms. The van der Waals surface area contributed by atoms with Gasteiger partial charge in [-0.25, -0.2) is 0 Å². The maximum atomic E-state index is 13.5. The number of ether oxygens (including phenoxy) is 2. The molecule has 0 aromatic heterocycles. The second-order valence-electron chi connectivity index (χ2n) is 12.0. The monoisotopic (exact) mass is 496 g/mol. The molecule has 36 heavy (non-hydrogen) atoms. The molecule has 6 heteroatoms. The zero-order chi connectivity index (χ0) is 25.0. The molecule has 1 aromatic carbocycles. The molecular weight excluding hydrogens is 452 g/mol. The summed E-state index contributed by atoms with van der Waals surface area (Å²) in [7, 11) is 0. The van der Waals surface area contributed by atoms with Crippen molar-refractivity contribution < 1.29 is 19.1 Å². The van der Waals surface area contributed by atoms with Crippen molar-refractivity contribution in [3.05, 3.63) is 29.8 Å². The maximum Gasteiger partial charge on any atom is 0.257 e. The summed E-state index contributed by atoms with van der Waals surface area (Å²) in [4.78, 5) is 31.1. The van der Waals surface area contributed by atoms with Crippen molar-refractivity contribution in [3.63, 3.8) is 0 Å². The highest BCUT2D eigenvalue weighted by Crippen LogP contribution is 2.42. The number of hydrogen-bond donors (Lipinski definition) is 0. The number of amides is 2. The number of carbonyl (C=O) groups excluding carboxylic acids is 2. The Hall–Kier alpha value is -2.08. The van der Waals surface area contributed by atoms with Gasteiger partial charge in [-0.05, 0) is 63.5 Å². The fourth-order valence-corrected chi connectivity index (χ4v) is 6.93. The Balaban J connectivity index is 1.30. The Kier molecular flexibility index (Phi) is 7.90. The molecule has 0 unspecified atom stereocenters. The number of para-hydroxylation sites is 1. The third-order valence-electron chi connectivity index (χ3n) is 9.43. The van der Waals surface area contributed by atoms with Gasteiger partial charge >= 0.3 is 0 Å². The van der Waals surface area contributed by atoms with Gasteiger partial charge in [0.05, 0.1) is 24.8 Å². The van der Waals surface area contributed by atoms with Gasteiger partial charge < -0.3 is 19.3 Å². The van der Waals surface area contributed by atoms with E-state index in [0.29, 0.717) is 30.4 Å². The molecule has 3 aliphatic heterocycles. The summed E-state index contributed by atoms with van der Waals surface area (Å²) in [6.07, 6.45) is 12.8. The van der Waals surface area contributed by atoms with E-state index in [1.165, 1.54) is 19.3 Å².